The van der Waals surface area contributed by atoms with Gasteiger partial charge in [0.05, 0.1) is 13.1 Å². The Hall–Kier alpha value is -2.80. The summed E-state index contributed by atoms with van der Waals surface area (Å²) in [6.45, 7) is 4.54. The fourth-order valence-corrected chi connectivity index (χ4v) is 2.63. The number of amides is 2. The molecule has 0 aliphatic carbocycles. The molecule has 2 aromatic rings. The van der Waals surface area contributed by atoms with E-state index in [-0.39, 0.29) is 24.7 Å². The van der Waals surface area contributed by atoms with Crippen molar-refractivity contribution >= 4 is 17.5 Å². The smallest absolute Gasteiger partial charge is 0.243 e. The molecule has 2 amide bonds. The lowest BCUT2D eigenvalue weighted by Gasteiger charge is -2.18. The average Bonchev–Trinajstić information content (AvgIpc) is 2.59. The number of nitrogens with zero attached hydrogens (tertiary/aromatic N) is 1. The zero-order valence-electron chi connectivity index (χ0n) is 15.6. The molecule has 0 heterocycles. The molecular formula is C20H23F2N3O2. The van der Waals surface area contributed by atoms with Crippen molar-refractivity contribution in [3.63, 3.8) is 0 Å². The molecule has 0 aliphatic rings. The van der Waals surface area contributed by atoms with E-state index in [0.29, 0.717) is 6.54 Å². The Morgan fingerprint density at radius 2 is 1.74 bits per heavy atom. The highest BCUT2D eigenvalue weighted by Crippen LogP contribution is 2.13. The van der Waals surface area contributed by atoms with E-state index in [1.54, 1.807) is 0 Å². The molecule has 27 heavy (non-hydrogen) atoms. The molecule has 5 nitrogen and oxygen atoms in total. The van der Waals surface area contributed by atoms with E-state index >= 15 is 0 Å². The van der Waals surface area contributed by atoms with Gasteiger partial charge < -0.3 is 10.6 Å². The van der Waals surface area contributed by atoms with Crippen molar-refractivity contribution in [1.29, 1.82) is 0 Å². The number of aryl methyl sites for hydroxylation is 2. The summed E-state index contributed by atoms with van der Waals surface area (Å²) >= 11 is 0. The largest absolute Gasteiger partial charge is 0.346 e. The summed E-state index contributed by atoms with van der Waals surface area (Å²) in [5, 5.41) is 4.91. The van der Waals surface area contributed by atoms with Crippen LogP contribution in [0, 0.1) is 25.5 Å². The molecule has 2 N–H and O–H groups in total. The van der Waals surface area contributed by atoms with Crippen LogP contribution in [0.1, 0.15) is 16.7 Å². The highest BCUT2D eigenvalue weighted by Gasteiger charge is 2.11. The molecule has 2 aromatic carbocycles. The first-order valence-electron chi connectivity index (χ1n) is 8.51. The number of rotatable bonds is 7. The summed E-state index contributed by atoms with van der Waals surface area (Å²) in [7, 11) is 1.82. The molecule has 0 fully saturated rings. The lowest BCUT2D eigenvalue weighted by molar-refractivity contribution is -0.124. The van der Waals surface area contributed by atoms with Gasteiger partial charge in [-0.2, -0.15) is 0 Å². The summed E-state index contributed by atoms with van der Waals surface area (Å²) in [6, 6.07) is 9.20. The summed E-state index contributed by atoms with van der Waals surface area (Å²) in [5.41, 5.74) is 3.60. The number of likely N-dealkylation sites (N-methyl/N-ethyl adjacent to an activating group) is 1. The van der Waals surface area contributed by atoms with Crippen LogP contribution in [0.3, 0.4) is 0 Å². The first-order chi connectivity index (χ1) is 12.7. The fraction of sp³-hybridized carbons (Fsp3) is 0.300. The molecule has 144 valence electrons. The number of benzene rings is 2. The van der Waals surface area contributed by atoms with Crippen LogP contribution in [0.25, 0.3) is 0 Å². The Bertz CT molecular complexity index is 840. The van der Waals surface area contributed by atoms with Crippen LogP contribution >= 0.6 is 0 Å². The Kier molecular flexibility index (Phi) is 7.01. The van der Waals surface area contributed by atoms with E-state index < -0.39 is 17.5 Å². The third kappa shape index (κ3) is 6.45. The second-order valence-electron chi connectivity index (χ2n) is 6.56. The number of hydrogen-bond donors (Lipinski definition) is 2. The number of carbonyl (C=O) groups is 2. The van der Waals surface area contributed by atoms with Crippen molar-refractivity contribution in [2.24, 2.45) is 0 Å². The summed E-state index contributed by atoms with van der Waals surface area (Å²) in [5.74, 6) is -2.87. The molecule has 2 rings (SSSR count). The molecule has 0 radical (unpaired) electrons. The van der Waals surface area contributed by atoms with Gasteiger partial charge in [-0.1, -0.05) is 23.8 Å². The summed E-state index contributed by atoms with van der Waals surface area (Å²) in [6.07, 6.45) is 0. The van der Waals surface area contributed by atoms with Gasteiger partial charge in [0.2, 0.25) is 11.8 Å². The maximum absolute atomic E-state index is 13.1. The SMILES string of the molecule is Cc1ccc(CN(C)CC(=O)NCC(=O)Nc2ccc(F)c(F)c2)c(C)c1. The van der Waals surface area contributed by atoms with Crippen molar-refractivity contribution in [2.45, 2.75) is 20.4 Å². The van der Waals surface area contributed by atoms with Crippen LogP contribution in [0.4, 0.5) is 14.5 Å². The van der Waals surface area contributed by atoms with Crippen LogP contribution in [0.5, 0.6) is 0 Å². The third-order valence-corrected chi connectivity index (χ3v) is 4.00. The van der Waals surface area contributed by atoms with Crippen LogP contribution in [-0.4, -0.2) is 36.9 Å². The minimum Gasteiger partial charge on any atom is -0.346 e. The van der Waals surface area contributed by atoms with E-state index in [0.717, 1.165) is 23.3 Å². The Labute approximate surface area is 157 Å². The second-order valence-corrected chi connectivity index (χ2v) is 6.56. The van der Waals surface area contributed by atoms with Crippen LogP contribution in [0.15, 0.2) is 36.4 Å². The molecule has 0 aromatic heterocycles. The molecule has 0 bridgehead atoms. The zero-order valence-corrected chi connectivity index (χ0v) is 15.6. The number of halogens is 2. The molecule has 0 atom stereocenters. The van der Waals surface area contributed by atoms with Gasteiger partial charge in [0, 0.05) is 18.3 Å². The van der Waals surface area contributed by atoms with Crippen molar-refractivity contribution in [1.82, 2.24) is 10.2 Å². The Morgan fingerprint density at radius 3 is 2.41 bits per heavy atom. The highest BCUT2D eigenvalue weighted by atomic mass is 19.2. The van der Waals surface area contributed by atoms with Crippen molar-refractivity contribution in [2.75, 3.05) is 25.5 Å². The van der Waals surface area contributed by atoms with Gasteiger partial charge in [-0.05, 0) is 44.2 Å². The molecular weight excluding hydrogens is 352 g/mol. The molecule has 0 unspecified atom stereocenters. The Morgan fingerprint density at radius 1 is 1.00 bits per heavy atom. The number of carbonyl (C=O) groups excluding carboxylic acids is 2. The maximum atomic E-state index is 13.1. The first kappa shape index (κ1) is 20.5. The fourth-order valence-electron chi connectivity index (χ4n) is 2.63. The minimum absolute atomic E-state index is 0.125. The molecule has 0 saturated heterocycles. The Balaban J connectivity index is 1.77. The molecule has 0 spiro atoms. The van der Waals surface area contributed by atoms with Gasteiger partial charge in [-0.15, -0.1) is 0 Å². The quantitative estimate of drug-likeness (QED) is 0.782. The van der Waals surface area contributed by atoms with Gasteiger partial charge in [0.25, 0.3) is 0 Å². The number of nitrogens with one attached hydrogen (secondary N) is 2. The van der Waals surface area contributed by atoms with Crippen LogP contribution in [0.2, 0.25) is 0 Å². The zero-order chi connectivity index (χ0) is 20.0. The van der Waals surface area contributed by atoms with Gasteiger partial charge in [-0.3, -0.25) is 14.5 Å². The van der Waals surface area contributed by atoms with Gasteiger partial charge in [0.1, 0.15) is 0 Å². The molecule has 7 heteroatoms. The van der Waals surface area contributed by atoms with Crippen LogP contribution in [-0.2, 0) is 16.1 Å². The first-order valence-corrected chi connectivity index (χ1v) is 8.51. The molecule has 0 saturated carbocycles. The van der Waals surface area contributed by atoms with Gasteiger partial charge in [0.15, 0.2) is 11.6 Å². The number of anilines is 1. The normalized spacial score (nSPS) is 10.7. The maximum Gasteiger partial charge on any atom is 0.243 e. The van der Waals surface area contributed by atoms with Gasteiger partial charge >= 0.3 is 0 Å². The van der Waals surface area contributed by atoms with E-state index in [2.05, 4.69) is 16.7 Å². The summed E-state index contributed by atoms with van der Waals surface area (Å²) in [4.78, 5) is 25.7. The van der Waals surface area contributed by atoms with E-state index in [4.69, 9.17) is 0 Å². The van der Waals surface area contributed by atoms with Crippen molar-refractivity contribution < 1.29 is 18.4 Å². The van der Waals surface area contributed by atoms with E-state index in [9.17, 15) is 18.4 Å². The predicted molar refractivity (Wildman–Crippen MR) is 100 cm³/mol. The average molecular weight is 375 g/mol. The third-order valence-electron chi connectivity index (χ3n) is 4.00. The number of hydrogen-bond acceptors (Lipinski definition) is 3. The van der Waals surface area contributed by atoms with Crippen molar-refractivity contribution in [3.8, 4) is 0 Å². The van der Waals surface area contributed by atoms with E-state index in [1.165, 1.54) is 11.6 Å². The molecule has 0 aliphatic heterocycles. The topological polar surface area (TPSA) is 61.4 Å². The lowest BCUT2D eigenvalue weighted by Crippen LogP contribution is -2.39. The summed E-state index contributed by atoms with van der Waals surface area (Å²) < 4.78 is 26.0. The van der Waals surface area contributed by atoms with Crippen molar-refractivity contribution in [3.05, 3.63) is 64.7 Å². The monoisotopic (exact) mass is 375 g/mol. The second kappa shape index (κ2) is 9.23. The van der Waals surface area contributed by atoms with Gasteiger partial charge in [-0.25, -0.2) is 8.78 Å². The highest BCUT2D eigenvalue weighted by molar-refractivity contribution is 5.94. The predicted octanol–water partition coefficient (Wildman–Crippen LogP) is 2.77. The van der Waals surface area contributed by atoms with E-state index in [1.807, 2.05) is 37.9 Å². The minimum atomic E-state index is -1.05. The standard InChI is InChI=1S/C20H23F2N3O2/c1-13-4-5-15(14(2)8-13)11-25(3)12-20(27)23-10-19(26)24-16-6-7-17(21)18(22)9-16/h4-9H,10-12H2,1-3H3,(H,23,27)(H,24,26). The lowest BCUT2D eigenvalue weighted by atomic mass is 10.1. The van der Waals surface area contributed by atoms with Crippen LogP contribution < -0.4 is 10.6 Å².